The highest BCUT2D eigenvalue weighted by Crippen LogP contribution is 2.30. The Bertz CT molecular complexity index is 1610. The second-order valence-electron chi connectivity index (χ2n) is 8.82. The van der Waals surface area contributed by atoms with Crippen LogP contribution in [0.3, 0.4) is 0 Å². The number of thiazole rings is 1. The summed E-state index contributed by atoms with van der Waals surface area (Å²) in [6.45, 7) is 6.06. The Hall–Kier alpha value is -3.79. The van der Waals surface area contributed by atoms with Crippen LogP contribution in [0.25, 0.3) is 27.4 Å². The molecule has 10 heteroatoms. The van der Waals surface area contributed by atoms with Crippen LogP contribution < -0.4 is 4.87 Å². The predicted molar refractivity (Wildman–Crippen MR) is 134 cm³/mol. The number of fused-ring (bicyclic) bond motifs is 1. The molecule has 0 saturated carbocycles. The number of rotatable bonds is 5. The molecule has 0 aliphatic carbocycles. The van der Waals surface area contributed by atoms with E-state index in [0.29, 0.717) is 27.6 Å². The monoisotopic (exact) mass is 509 g/mol. The van der Waals surface area contributed by atoms with Gasteiger partial charge in [-0.05, 0) is 42.2 Å². The Morgan fingerprint density at radius 3 is 2.44 bits per heavy atom. The highest BCUT2D eigenvalue weighted by atomic mass is 32.1. The molecular formula is C26H22F3N5OS. The fourth-order valence-electron chi connectivity index (χ4n) is 4.14. The fourth-order valence-corrected chi connectivity index (χ4v) is 4.94. The van der Waals surface area contributed by atoms with Gasteiger partial charge in [0, 0.05) is 11.3 Å². The molecule has 3 heterocycles. The van der Waals surface area contributed by atoms with Gasteiger partial charge in [0.05, 0.1) is 23.1 Å². The molecular weight excluding hydrogens is 487 g/mol. The third-order valence-corrected chi connectivity index (χ3v) is 6.84. The van der Waals surface area contributed by atoms with Crippen LogP contribution in [0.1, 0.15) is 42.3 Å². The number of hydrogen-bond donors (Lipinski definition) is 0. The summed E-state index contributed by atoms with van der Waals surface area (Å²) in [7, 11) is 0. The highest BCUT2D eigenvalue weighted by molar-refractivity contribution is 7.16. The lowest BCUT2D eigenvalue weighted by atomic mass is 9.97. The molecule has 184 valence electrons. The van der Waals surface area contributed by atoms with Gasteiger partial charge in [-0.2, -0.15) is 18.3 Å². The molecule has 3 aromatic heterocycles. The van der Waals surface area contributed by atoms with Crippen LogP contribution in [0.15, 0.2) is 65.6 Å². The van der Waals surface area contributed by atoms with Crippen molar-refractivity contribution in [3.63, 3.8) is 0 Å². The summed E-state index contributed by atoms with van der Waals surface area (Å²) < 4.78 is 42.6. The molecule has 0 saturated heterocycles. The third kappa shape index (κ3) is 4.44. The van der Waals surface area contributed by atoms with E-state index in [1.165, 1.54) is 4.68 Å². The van der Waals surface area contributed by atoms with E-state index in [-0.39, 0.29) is 17.3 Å². The summed E-state index contributed by atoms with van der Waals surface area (Å²) in [4.78, 5) is 21.9. The number of aryl methyl sites for hydroxylation is 1. The lowest BCUT2D eigenvalue weighted by Crippen LogP contribution is -2.14. The van der Waals surface area contributed by atoms with Crippen molar-refractivity contribution in [1.82, 2.24) is 24.3 Å². The number of nitrogens with zero attached hydrogens (tertiary/aromatic N) is 5. The summed E-state index contributed by atoms with van der Waals surface area (Å²) in [5.41, 5.74) is 3.36. The summed E-state index contributed by atoms with van der Waals surface area (Å²) in [6, 6.07) is 15.9. The Balaban J connectivity index is 1.48. The smallest absolute Gasteiger partial charge is 0.278 e. The molecule has 6 nitrogen and oxygen atoms in total. The molecule has 36 heavy (non-hydrogen) atoms. The maximum Gasteiger partial charge on any atom is 0.435 e. The Morgan fingerprint density at radius 1 is 1.06 bits per heavy atom. The number of alkyl halides is 3. The first-order valence-electron chi connectivity index (χ1n) is 11.3. The van der Waals surface area contributed by atoms with E-state index >= 15 is 0 Å². The van der Waals surface area contributed by atoms with Gasteiger partial charge in [0.2, 0.25) is 0 Å². The lowest BCUT2D eigenvalue weighted by Gasteiger charge is -2.12. The van der Waals surface area contributed by atoms with Crippen molar-refractivity contribution in [3.05, 3.63) is 93.0 Å². The maximum absolute atomic E-state index is 13.0. The Morgan fingerprint density at radius 2 is 1.78 bits per heavy atom. The molecule has 0 aliphatic heterocycles. The van der Waals surface area contributed by atoms with E-state index in [2.05, 4.69) is 30.0 Å². The van der Waals surface area contributed by atoms with Crippen molar-refractivity contribution in [3.8, 4) is 17.1 Å². The van der Waals surface area contributed by atoms with E-state index in [1.807, 2.05) is 18.2 Å². The quantitative estimate of drug-likeness (QED) is 0.283. The minimum atomic E-state index is -4.51. The average molecular weight is 510 g/mol. The van der Waals surface area contributed by atoms with Gasteiger partial charge < -0.3 is 0 Å². The van der Waals surface area contributed by atoms with Crippen LogP contribution in [0.5, 0.6) is 0 Å². The second-order valence-corrected chi connectivity index (χ2v) is 9.82. The van der Waals surface area contributed by atoms with Crippen LogP contribution in [-0.4, -0.2) is 24.3 Å². The number of aromatic nitrogens is 5. The third-order valence-electron chi connectivity index (χ3n) is 5.93. The zero-order valence-corrected chi connectivity index (χ0v) is 20.6. The van der Waals surface area contributed by atoms with E-state index in [4.69, 9.17) is 4.98 Å². The van der Waals surface area contributed by atoms with Gasteiger partial charge in [-0.15, -0.1) is 0 Å². The van der Waals surface area contributed by atoms with Crippen LogP contribution in [0, 0.1) is 6.92 Å². The molecule has 2 aromatic carbocycles. The molecule has 0 aliphatic rings. The van der Waals surface area contributed by atoms with Gasteiger partial charge in [-0.3, -0.25) is 9.36 Å². The molecule has 5 rings (SSSR count). The van der Waals surface area contributed by atoms with E-state index in [1.54, 1.807) is 42.0 Å². The van der Waals surface area contributed by atoms with Gasteiger partial charge in [-0.25, -0.2) is 14.6 Å². The second kappa shape index (κ2) is 9.02. The summed E-state index contributed by atoms with van der Waals surface area (Å²) in [5.74, 6) is 0.845. The Labute approximate surface area is 208 Å². The van der Waals surface area contributed by atoms with Crippen LogP contribution in [-0.2, 0) is 12.7 Å². The van der Waals surface area contributed by atoms with Crippen LogP contribution in [0.4, 0.5) is 13.2 Å². The average Bonchev–Trinajstić information content (AvgIpc) is 3.39. The number of halogens is 3. The van der Waals surface area contributed by atoms with Crippen LogP contribution >= 0.6 is 11.3 Å². The van der Waals surface area contributed by atoms with Gasteiger partial charge in [0.25, 0.3) is 0 Å². The van der Waals surface area contributed by atoms with Crippen molar-refractivity contribution in [2.75, 3.05) is 0 Å². The summed E-state index contributed by atoms with van der Waals surface area (Å²) in [6.07, 6.45) is -2.83. The minimum Gasteiger partial charge on any atom is -0.278 e. The van der Waals surface area contributed by atoms with Crippen LogP contribution in [0.2, 0.25) is 0 Å². The SMILES string of the molecule is Cc1cc(C(F)(F)F)nn1-c1ccc(Cn2c(=O)sc3cnc(-c4ccccc4C(C)C)nc32)cc1. The normalized spacial score (nSPS) is 12.1. The van der Waals surface area contributed by atoms with Crippen molar-refractivity contribution in [2.24, 2.45) is 0 Å². The number of hydrogen-bond acceptors (Lipinski definition) is 5. The molecule has 0 unspecified atom stereocenters. The molecule has 0 bridgehead atoms. The Kier molecular flexibility index (Phi) is 5.99. The first-order chi connectivity index (χ1) is 17.1. The van der Waals surface area contributed by atoms with E-state index in [0.717, 1.165) is 34.1 Å². The number of benzene rings is 2. The fraction of sp³-hybridized carbons (Fsp3) is 0.231. The molecule has 0 fully saturated rings. The molecule has 0 N–H and O–H groups in total. The lowest BCUT2D eigenvalue weighted by molar-refractivity contribution is -0.141. The highest BCUT2D eigenvalue weighted by Gasteiger charge is 2.34. The zero-order valence-electron chi connectivity index (χ0n) is 19.7. The largest absolute Gasteiger partial charge is 0.435 e. The van der Waals surface area contributed by atoms with Gasteiger partial charge in [-0.1, -0.05) is 61.6 Å². The molecule has 5 aromatic rings. The maximum atomic E-state index is 13.0. The van der Waals surface area contributed by atoms with Gasteiger partial charge in [0.15, 0.2) is 17.2 Å². The first kappa shape index (κ1) is 23.9. The summed E-state index contributed by atoms with van der Waals surface area (Å²) in [5, 5.41) is 3.69. The van der Waals surface area contributed by atoms with E-state index in [9.17, 15) is 18.0 Å². The minimum absolute atomic E-state index is 0.157. The van der Waals surface area contributed by atoms with E-state index < -0.39 is 11.9 Å². The van der Waals surface area contributed by atoms with Gasteiger partial charge in [0.1, 0.15) is 0 Å². The molecule has 0 atom stereocenters. The molecule has 0 amide bonds. The zero-order chi connectivity index (χ0) is 25.6. The van der Waals surface area contributed by atoms with Gasteiger partial charge >= 0.3 is 11.0 Å². The molecule has 0 spiro atoms. The molecule has 0 radical (unpaired) electrons. The van der Waals surface area contributed by atoms with Crippen molar-refractivity contribution in [2.45, 2.75) is 39.4 Å². The predicted octanol–water partition coefficient (Wildman–Crippen LogP) is 6.20. The standard InChI is InChI=1S/C26H22F3N5OS/c1-15(2)19-6-4-5-7-20(19)23-30-13-21-24(31-23)33(25(35)36-21)14-17-8-10-18(11-9-17)34-16(3)12-22(32-34)26(27,28)29/h4-13,15H,14H2,1-3H3. The summed E-state index contributed by atoms with van der Waals surface area (Å²) >= 11 is 1.08. The first-order valence-corrected chi connectivity index (χ1v) is 12.1. The van der Waals surface area contributed by atoms with Crippen molar-refractivity contribution in [1.29, 1.82) is 0 Å². The topological polar surface area (TPSA) is 65.6 Å². The van der Waals surface area contributed by atoms with Crippen molar-refractivity contribution >= 4 is 21.7 Å². The van der Waals surface area contributed by atoms with Crippen molar-refractivity contribution < 1.29 is 13.2 Å².